The second kappa shape index (κ2) is 10.1. The number of hydrogen-bond acceptors (Lipinski definition) is 1. The van der Waals surface area contributed by atoms with E-state index in [1.807, 2.05) is 0 Å². The highest BCUT2D eigenvalue weighted by molar-refractivity contribution is 7.36. The molecule has 0 bridgehead atoms. The first-order valence-electron chi connectivity index (χ1n) is 9.48. The van der Waals surface area contributed by atoms with E-state index in [-0.39, 0.29) is 0 Å². The van der Waals surface area contributed by atoms with Crippen molar-refractivity contribution in [3.63, 3.8) is 0 Å². The van der Waals surface area contributed by atoms with Crippen LogP contribution >= 0.6 is 0 Å². The Bertz CT molecular complexity index is 309. The first kappa shape index (κ1) is 22.1. The molecule has 0 saturated carbocycles. The number of rotatable bonds is 10. The largest absolute Gasteiger partial charge is 0.315 e. The third kappa shape index (κ3) is 5.65. The van der Waals surface area contributed by atoms with Crippen molar-refractivity contribution in [3.05, 3.63) is 11.3 Å². The number of nitrogens with one attached hydrogen (secondary N) is 1. The molecule has 0 radical (unpaired) electrons. The average Bonchev–Trinajstić information content (AvgIpc) is 2.36. The van der Waals surface area contributed by atoms with Crippen LogP contribution in [0.1, 0.15) is 75.7 Å². The van der Waals surface area contributed by atoms with Crippen molar-refractivity contribution in [2.24, 2.45) is 0 Å². The highest BCUT2D eigenvalue weighted by Gasteiger charge is 2.48. The summed E-state index contributed by atoms with van der Waals surface area (Å²) in [7, 11) is -2.15. The molecular weight excluding hydrogens is 298 g/mol. The Kier molecular flexibility index (Phi) is 10.2. The molecule has 2 unspecified atom stereocenters. The van der Waals surface area contributed by atoms with Crippen LogP contribution in [-0.4, -0.2) is 28.5 Å². The Balaban J connectivity index is 5.45. The summed E-state index contributed by atoms with van der Waals surface area (Å²) < 4.78 is 0. The van der Waals surface area contributed by atoms with Crippen molar-refractivity contribution in [3.8, 4) is 0 Å². The van der Waals surface area contributed by atoms with Crippen LogP contribution in [0.25, 0.3) is 0 Å². The molecule has 0 aromatic carbocycles. The SMILES string of the molecule is CCC(C)NCC[SiH](C=C(C)C)[Si](C(C)C)(C(C)C)C(C)C. The zero-order chi connectivity index (χ0) is 17.5. The summed E-state index contributed by atoms with van der Waals surface area (Å²) in [6.07, 6.45) is 1.23. The maximum Gasteiger partial charge on any atom is 0.0579 e. The quantitative estimate of drug-likeness (QED) is 0.490. The zero-order valence-electron chi connectivity index (χ0n) is 17.1. The van der Waals surface area contributed by atoms with Gasteiger partial charge < -0.3 is 5.32 Å². The van der Waals surface area contributed by atoms with E-state index in [0.717, 1.165) is 16.6 Å². The fourth-order valence-electron chi connectivity index (χ4n) is 4.79. The normalized spacial score (nSPS) is 15.5. The van der Waals surface area contributed by atoms with Gasteiger partial charge in [-0.1, -0.05) is 70.7 Å². The Morgan fingerprint density at radius 2 is 1.41 bits per heavy atom. The molecule has 22 heavy (non-hydrogen) atoms. The molecule has 0 fully saturated rings. The minimum absolute atomic E-state index is 0.662. The maximum atomic E-state index is 3.75. The van der Waals surface area contributed by atoms with E-state index in [1.54, 1.807) is 5.57 Å². The van der Waals surface area contributed by atoms with Gasteiger partial charge in [-0.3, -0.25) is 0 Å². The molecule has 0 aliphatic heterocycles. The van der Waals surface area contributed by atoms with E-state index < -0.39 is 15.9 Å². The van der Waals surface area contributed by atoms with Gasteiger partial charge in [-0.2, -0.15) is 0 Å². The molecule has 0 saturated heterocycles. The molecule has 0 aromatic rings. The Hall–Kier alpha value is 0.134. The van der Waals surface area contributed by atoms with Gasteiger partial charge in [0.25, 0.3) is 0 Å². The summed E-state index contributed by atoms with van der Waals surface area (Å²) in [5.41, 5.74) is 6.99. The molecule has 0 heterocycles. The third-order valence-electron chi connectivity index (χ3n) is 5.74. The lowest BCUT2D eigenvalue weighted by molar-refractivity contribution is 0.552. The van der Waals surface area contributed by atoms with Gasteiger partial charge in [0.2, 0.25) is 0 Å². The smallest absolute Gasteiger partial charge is 0.0579 e. The summed E-state index contributed by atoms with van der Waals surface area (Å²) >= 11 is 0. The molecule has 1 nitrogen and oxygen atoms in total. The number of hydrogen-bond donors (Lipinski definition) is 1. The Labute approximate surface area is 143 Å². The van der Waals surface area contributed by atoms with Crippen LogP contribution < -0.4 is 5.32 Å². The highest BCUT2D eigenvalue weighted by atomic mass is 29.2. The molecular formula is C19H43NSi2. The summed E-state index contributed by atoms with van der Waals surface area (Å²) in [6.45, 7) is 25.6. The lowest BCUT2D eigenvalue weighted by Crippen LogP contribution is -2.58. The van der Waals surface area contributed by atoms with E-state index in [1.165, 1.54) is 19.0 Å². The maximum absolute atomic E-state index is 3.75. The molecule has 0 aliphatic rings. The van der Waals surface area contributed by atoms with Crippen LogP contribution in [0.4, 0.5) is 0 Å². The van der Waals surface area contributed by atoms with E-state index in [9.17, 15) is 0 Å². The van der Waals surface area contributed by atoms with E-state index in [4.69, 9.17) is 0 Å². The van der Waals surface area contributed by atoms with Gasteiger partial charge in [0.05, 0.1) is 15.9 Å². The van der Waals surface area contributed by atoms with Crippen molar-refractivity contribution < 1.29 is 0 Å². The van der Waals surface area contributed by atoms with Crippen molar-refractivity contribution in [1.29, 1.82) is 0 Å². The molecule has 0 aromatic heterocycles. The molecule has 132 valence electrons. The molecule has 0 amide bonds. The monoisotopic (exact) mass is 341 g/mol. The fourth-order valence-corrected chi connectivity index (χ4v) is 25.1. The summed E-state index contributed by atoms with van der Waals surface area (Å²) in [6, 6.07) is 2.10. The molecule has 0 spiro atoms. The van der Waals surface area contributed by atoms with Crippen molar-refractivity contribution in [2.45, 2.75) is 104 Å². The van der Waals surface area contributed by atoms with Gasteiger partial charge in [0.15, 0.2) is 0 Å². The molecule has 0 rings (SSSR count). The number of allylic oxidation sites excluding steroid dienone is 1. The van der Waals surface area contributed by atoms with Crippen molar-refractivity contribution in [1.82, 2.24) is 5.32 Å². The van der Waals surface area contributed by atoms with Crippen LogP contribution in [0.15, 0.2) is 11.3 Å². The third-order valence-corrected chi connectivity index (χ3v) is 26.2. The van der Waals surface area contributed by atoms with Crippen LogP contribution in [0.3, 0.4) is 0 Å². The average molecular weight is 342 g/mol. The fraction of sp³-hybridized carbons (Fsp3) is 0.895. The van der Waals surface area contributed by atoms with Gasteiger partial charge in [-0.05, 0) is 39.8 Å². The first-order valence-corrected chi connectivity index (χ1v) is 15.0. The second-order valence-electron chi connectivity index (χ2n) is 8.37. The molecule has 1 N–H and O–H groups in total. The lowest BCUT2D eigenvalue weighted by Gasteiger charge is -2.48. The summed E-state index contributed by atoms with van der Waals surface area (Å²) in [4.78, 5) is 0. The van der Waals surface area contributed by atoms with Gasteiger partial charge in [-0.25, -0.2) is 0 Å². The molecule has 0 aliphatic carbocycles. The van der Waals surface area contributed by atoms with E-state index in [2.05, 4.69) is 80.3 Å². The lowest BCUT2D eigenvalue weighted by atomic mass is 10.3. The highest BCUT2D eigenvalue weighted by Crippen LogP contribution is 2.44. The van der Waals surface area contributed by atoms with E-state index >= 15 is 0 Å². The second-order valence-corrected chi connectivity index (χ2v) is 21.2. The molecule has 2 atom stereocenters. The van der Waals surface area contributed by atoms with Crippen molar-refractivity contribution in [2.75, 3.05) is 6.54 Å². The van der Waals surface area contributed by atoms with Crippen molar-refractivity contribution >= 4 is 15.9 Å². The van der Waals surface area contributed by atoms with Crippen LogP contribution in [0.5, 0.6) is 0 Å². The Morgan fingerprint density at radius 1 is 0.955 bits per heavy atom. The van der Waals surface area contributed by atoms with Crippen LogP contribution in [-0.2, 0) is 0 Å². The topological polar surface area (TPSA) is 12.0 Å². The molecule has 3 heteroatoms. The predicted octanol–water partition coefficient (Wildman–Crippen LogP) is 5.86. The minimum Gasteiger partial charge on any atom is -0.315 e. The summed E-state index contributed by atoms with van der Waals surface area (Å²) in [5.74, 6) is 0. The predicted molar refractivity (Wildman–Crippen MR) is 110 cm³/mol. The minimum atomic E-state index is -1.28. The van der Waals surface area contributed by atoms with Gasteiger partial charge in [-0.15, -0.1) is 5.70 Å². The Morgan fingerprint density at radius 3 is 1.73 bits per heavy atom. The van der Waals surface area contributed by atoms with Crippen LogP contribution in [0, 0.1) is 0 Å². The van der Waals surface area contributed by atoms with Gasteiger partial charge in [0, 0.05) is 6.04 Å². The standard InChI is InChI=1S/C19H43NSi2/c1-11-19(10)20-12-13-21(14-15(2)3)22(16(4)5,17(6)7)18(8)9/h14,16-21H,11-13H2,1-10H3. The van der Waals surface area contributed by atoms with E-state index in [0.29, 0.717) is 6.04 Å². The zero-order valence-corrected chi connectivity index (χ0v) is 19.2. The van der Waals surface area contributed by atoms with Gasteiger partial charge >= 0.3 is 0 Å². The van der Waals surface area contributed by atoms with Gasteiger partial charge in [0.1, 0.15) is 0 Å². The van der Waals surface area contributed by atoms with Crippen LogP contribution in [0.2, 0.25) is 22.7 Å². The first-order chi connectivity index (χ1) is 10.1. The summed E-state index contributed by atoms with van der Waals surface area (Å²) in [5, 5.41) is 3.75.